The Labute approximate surface area is 162 Å². The highest BCUT2D eigenvalue weighted by Crippen LogP contribution is 2.30. The first-order valence-electron chi connectivity index (χ1n) is 9.52. The number of piperidine rings is 1. The molecule has 0 radical (unpaired) electrons. The van der Waals surface area contributed by atoms with Crippen molar-refractivity contribution in [1.29, 1.82) is 0 Å². The molecule has 1 aromatic carbocycles. The maximum atomic E-state index is 12.6. The van der Waals surface area contributed by atoms with Crippen LogP contribution in [0, 0.1) is 5.92 Å². The molecule has 1 saturated carbocycles. The van der Waals surface area contributed by atoms with Crippen LogP contribution in [0.25, 0.3) is 10.2 Å². The van der Waals surface area contributed by atoms with E-state index in [-0.39, 0.29) is 17.9 Å². The Balaban J connectivity index is 1.32. The van der Waals surface area contributed by atoms with Crippen LogP contribution in [0.2, 0.25) is 0 Å². The van der Waals surface area contributed by atoms with Gasteiger partial charge < -0.3 is 20.3 Å². The van der Waals surface area contributed by atoms with Gasteiger partial charge in [-0.05, 0) is 50.8 Å². The van der Waals surface area contributed by atoms with Gasteiger partial charge in [-0.1, -0.05) is 11.3 Å². The zero-order valence-electron chi connectivity index (χ0n) is 15.4. The number of carbonyl (C=O) groups is 2. The van der Waals surface area contributed by atoms with Crippen LogP contribution in [0.15, 0.2) is 18.2 Å². The Morgan fingerprint density at radius 2 is 2.04 bits per heavy atom. The van der Waals surface area contributed by atoms with Crippen molar-refractivity contribution in [2.24, 2.45) is 5.92 Å². The van der Waals surface area contributed by atoms with E-state index in [4.69, 9.17) is 4.74 Å². The van der Waals surface area contributed by atoms with E-state index in [1.807, 2.05) is 30.0 Å². The maximum absolute atomic E-state index is 12.6. The molecule has 2 N–H and O–H groups in total. The number of ether oxygens (including phenoxy) is 1. The van der Waals surface area contributed by atoms with E-state index in [1.54, 1.807) is 0 Å². The minimum Gasteiger partial charge on any atom is -0.494 e. The molecular formula is C19H24N4O3S. The second-order valence-corrected chi connectivity index (χ2v) is 8.09. The normalized spacial score (nSPS) is 17.7. The predicted molar refractivity (Wildman–Crippen MR) is 105 cm³/mol. The molecule has 0 spiro atoms. The molecule has 0 unspecified atom stereocenters. The van der Waals surface area contributed by atoms with E-state index < -0.39 is 0 Å². The van der Waals surface area contributed by atoms with Gasteiger partial charge in [0, 0.05) is 25.0 Å². The lowest BCUT2D eigenvalue weighted by Crippen LogP contribution is -2.46. The lowest BCUT2D eigenvalue weighted by atomic mass is 9.96. The van der Waals surface area contributed by atoms with Gasteiger partial charge in [-0.3, -0.25) is 4.79 Å². The molecule has 27 heavy (non-hydrogen) atoms. The van der Waals surface area contributed by atoms with Gasteiger partial charge in [0.1, 0.15) is 5.75 Å². The molecule has 2 aliphatic rings. The third kappa shape index (κ3) is 4.32. The number of anilines is 1. The summed E-state index contributed by atoms with van der Waals surface area (Å²) < 4.78 is 6.50. The summed E-state index contributed by atoms with van der Waals surface area (Å²) in [5.41, 5.74) is 0.852. The number of likely N-dealkylation sites (tertiary alicyclic amines) is 1. The fraction of sp³-hybridized carbons (Fsp3) is 0.526. The van der Waals surface area contributed by atoms with Crippen molar-refractivity contribution in [1.82, 2.24) is 15.2 Å². The van der Waals surface area contributed by atoms with Gasteiger partial charge in [-0.2, -0.15) is 0 Å². The summed E-state index contributed by atoms with van der Waals surface area (Å²) in [5.74, 6) is 0.714. The van der Waals surface area contributed by atoms with Gasteiger partial charge >= 0.3 is 6.03 Å². The fourth-order valence-corrected chi connectivity index (χ4v) is 4.16. The highest BCUT2D eigenvalue weighted by Gasteiger charge is 2.30. The first-order valence-corrected chi connectivity index (χ1v) is 10.3. The number of aromatic nitrogens is 1. The van der Waals surface area contributed by atoms with E-state index in [9.17, 15) is 9.59 Å². The van der Waals surface area contributed by atoms with Crippen LogP contribution in [-0.4, -0.2) is 47.6 Å². The molecule has 1 aliphatic carbocycles. The summed E-state index contributed by atoms with van der Waals surface area (Å²) in [5, 5.41) is 6.56. The van der Waals surface area contributed by atoms with Crippen molar-refractivity contribution < 1.29 is 14.3 Å². The van der Waals surface area contributed by atoms with E-state index in [0.717, 1.165) is 28.8 Å². The third-order valence-electron chi connectivity index (χ3n) is 4.96. The highest BCUT2D eigenvalue weighted by molar-refractivity contribution is 7.22. The summed E-state index contributed by atoms with van der Waals surface area (Å²) in [6.45, 7) is 3.80. The predicted octanol–water partition coefficient (Wildman–Crippen LogP) is 3.22. The lowest BCUT2D eigenvalue weighted by molar-refractivity contribution is -0.121. The van der Waals surface area contributed by atoms with Crippen molar-refractivity contribution in [2.75, 3.05) is 25.0 Å². The number of urea groups is 1. The van der Waals surface area contributed by atoms with Gasteiger partial charge in [0.05, 0.1) is 16.8 Å². The molecule has 0 bridgehead atoms. The standard InChI is InChI=1S/C19H24N4O3S/c1-2-26-14-5-6-15-16(11-14)27-18(21-15)22-17(24)12-7-9-23(10-8-12)19(25)20-13-3-4-13/h5-6,11-13H,2-4,7-10H2,1H3,(H,20,25)(H,21,22,24). The van der Waals surface area contributed by atoms with Crippen molar-refractivity contribution in [3.8, 4) is 5.75 Å². The molecule has 1 aliphatic heterocycles. The highest BCUT2D eigenvalue weighted by atomic mass is 32.1. The Bertz CT molecular complexity index is 841. The zero-order chi connectivity index (χ0) is 18.8. The van der Waals surface area contributed by atoms with Crippen molar-refractivity contribution >= 4 is 38.6 Å². The second-order valence-electron chi connectivity index (χ2n) is 7.06. The van der Waals surface area contributed by atoms with E-state index in [0.29, 0.717) is 43.7 Å². The molecule has 1 saturated heterocycles. The molecule has 8 heteroatoms. The van der Waals surface area contributed by atoms with Gasteiger partial charge in [0.15, 0.2) is 5.13 Å². The molecule has 2 heterocycles. The number of hydrogen-bond acceptors (Lipinski definition) is 5. The van der Waals surface area contributed by atoms with Crippen LogP contribution in [-0.2, 0) is 4.79 Å². The average Bonchev–Trinajstić information content (AvgIpc) is 3.39. The van der Waals surface area contributed by atoms with Crippen LogP contribution in [0.3, 0.4) is 0 Å². The van der Waals surface area contributed by atoms with Gasteiger partial charge in [-0.15, -0.1) is 0 Å². The second kappa shape index (κ2) is 7.72. The summed E-state index contributed by atoms with van der Waals surface area (Å²) in [6.07, 6.45) is 3.53. The van der Waals surface area contributed by atoms with E-state index in [2.05, 4.69) is 15.6 Å². The van der Waals surface area contributed by atoms with E-state index in [1.165, 1.54) is 11.3 Å². The first-order chi connectivity index (χ1) is 13.1. The maximum Gasteiger partial charge on any atom is 0.317 e. The Morgan fingerprint density at radius 1 is 1.26 bits per heavy atom. The van der Waals surface area contributed by atoms with E-state index >= 15 is 0 Å². The van der Waals surface area contributed by atoms with Crippen molar-refractivity contribution in [3.63, 3.8) is 0 Å². The monoisotopic (exact) mass is 388 g/mol. The van der Waals surface area contributed by atoms with Crippen LogP contribution >= 0.6 is 11.3 Å². The number of carbonyl (C=O) groups excluding carboxylic acids is 2. The first kappa shape index (κ1) is 18.0. The van der Waals surface area contributed by atoms with Gasteiger partial charge in [-0.25, -0.2) is 9.78 Å². The molecule has 3 amide bonds. The molecular weight excluding hydrogens is 364 g/mol. The molecule has 0 atom stereocenters. The summed E-state index contributed by atoms with van der Waals surface area (Å²) in [6, 6.07) is 6.11. The van der Waals surface area contributed by atoms with Gasteiger partial charge in [0.25, 0.3) is 0 Å². The number of hydrogen-bond donors (Lipinski definition) is 2. The number of nitrogens with zero attached hydrogens (tertiary/aromatic N) is 2. The number of fused-ring (bicyclic) bond motifs is 1. The molecule has 2 aromatic rings. The topological polar surface area (TPSA) is 83.6 Å². The summed E-state index contributed by atoms with van der Waals surface area (Å²) >= 11 is 1.45. The minimum atomic E-state index is -0.0824. The molecule has 4 rings (SSSR count). The molecule has 7 nitrogen and oxygen atoms in total. The van der Waals surface area contributed by atoms with Crippen LogP contribution in [0.5, 0.6) is 5.75 Å². The van der Waals surface area contributed by atoms with Crippen molar-refractivity contribution in [2.45, 2.75) is 38.6 Å². The Kier molecular flexibility index (Phi) is 5.15. The summed E-state index contributed by atoms with van der Waals surface area (Å²) in [7, 11) is 0. The van der Waals surface area contributed by atoms with Gasteiger partial charge in [0.2, 0.25) is 5.91 Å². The SMILES string of the molecule is CCOc1ccc2nc(NC(=O)C3CCN(C(=O)NC4CC4)CC3)sc2c1. The largest absolute Gasteiger partial charge is 0.494 e. The molecule has 144 valence electrons. The third-order valence-corrected chi connectivity index (χ3v) is 5.89. The Morgan fingerprint density at radius 3 is 2.74 bits per heavy atom. The molecule has 1 aromatic heterocycles. The average molecular weight is 388 g/mol. The minimum absolute atomic E-state index is 0.00707. The number of amides is 3. The van der Waals surface area contributed by atoms with Crippen LogP contribution in [0.4, 0.5) is 9.93 Å². The fourth-order valence-electron chi connectivity index (χ4n) is 3.26. The smallest absolute Gasteiger partial charge is 0.317 e. The quantitative estimate of drug-likeness (QED) is 0.824. The number of nitrogens with one attached hydrogen (secondary N) is 2. The zero-order valence-corrected chi connectivity index (χ0v) is 16.2. The molecule has 2 fully saturated rings. The lowest BCUT2D eigenvalue weighted by Gasteiger charge is -2.31. The Hall–Kier alpha value is -2.35. The van der Waals surface area contributed by atoms with Crippen LogP contribution in [0.1, 0.15) is 32.6 Å². The summed E-state index contributed by atoms with van der Waals surface area (Å²) in [4.78, 5) is 31.0. The number of thiazole rings is 1. The number of rotatable bonds is 5. The van der Waals surface area contributed by atoms with Crippen molar-refractivity contribution in [3.05, 3.63) is 18.2 Å². The van der Waals surface area contributed by atoms with Crippen LogP contribution < -0.4 is 15.4 Å². The number of benzene rings is 1.